The first kappa shape index (κ1) is 8.71. The lowest BCUT2D eigenvalue weighted by Gasteiger charge is -2.05. The monoisotopic (exact) mass is 164 g/mol. The summed E-state index contributed by atoms with van der Waals surface area (Å²) in [7, 11) is 1.76. The van der Waals surface area contributed by atoms with Gasteiger partial charge in [-0.1, -0.05) is 0 Å². The lowest BCUT2D eigenvalue weighted by atomic mass is 10.2. The Morgan fingerprint density at radius 2 is 2.17 bits per heavy atom. The van der Waals surface area contributed by atoms with Crippen LogP contribution in [0, 0.1) is 6.92 Å². The fraction of sp³-hybridized carbons (Fsp3) is 0.333. The number of aryl methyl sites for hydroxylation is 1. The number of hydrogen-bond donors (Lipinski definition) is 1. The van der Waals surface area contributed by atoms with Crippen molar-refractivity contribution >= 4 is 11.6 Å². The molecule has 0 aromatic carbocycles. The van der Waals surface area contributed by atoms with E-state index in [1.54, 1.807) is 13.1 Å². The van der Waals surface area contributed by atoms with E-state index in [1.165, 1.54) is 6.92 Å². The van der Waals surface area contributed by atoms with Gasteiger partial charge in [0.25, 0.3) is 0 Å². The van der Waals surface area contributed by atoms with Crippen molar-refractivity contribution in [3.05, 3.63) is 23.4 Å². The third-order valence-corrected chi connectivity index (χ3v) is 1.65. The van der Waals surface area contributed by atoms with Crippen LogP contribution in [0.4, 0.5) is 5.82 Å². The van der Waals surface area contributed by atoms with Gasteiger partial charge in [-0.05, 0) is 26.0 Å². The quantitative estimate of drug-likeness (QED) is 0.675. The SMILES string of the molecule is CNc1nc(C)ccc1C(C)=O. The molecule has 3 nitrogen and oxygen atoms in total. The number of hydrogen-bond acceptors (Lipinski definition) is 3. The van der Waals surface area contributed by atoms with Crippen LogP contribution in [-0.2, 0) is 0 Å². The van der Waals surface area contributed by atoms with Crippen molar-refractivity contribution in [2.45, 2.75) is 13.8 Å². The summed E-state index contributed by atoms with van der Waals surface area (Å²) in [6.07, 6.45) is 0. The van der Waals surface area contributed by atoms with Crippen LogP contribution in [0.25, 0.3) is 0 Å². The molecule has 0 unspecified atom stereocenters. The van der Waals surface area contributed by atoms with E-state index in [1.807, 2.05) is 13.0 Å². The van der Waals surface area contributed by atoms with E-state index >= 15 is 0 Å². The maximum Gasteiger partial charge on any atom is 0.163 e. The van der Waals surface area contributed by atoms with Crippen molar-refractivity contribution in [3.63, 3.8) is 0 Å². The third-order valence-electron chi connectivity index (χ3n) is 1.65. The van der Waals surface area contributed by atoms with Crippen LogP contribution in [0.5, 0.6) is 0 Å². The molecule has 0 aliphatic rings. The number of aromatic nitrogens is 1. The number of Topliss-reactive ketones (excluding diaryl/α,β-unsaturated/α-hetero) is 1. The Bertz CT molecular complexity index is 307. The number of ketones is 1. The van der Waals surface area contributed by atoms with Gasteiger partial charge in [-0.25, -0.2) is 4.98 Å². The molecular formula is C9H12N2O. The zero-order valence-corrected chi connectivity index (χ0v) is 7.51. The molecule has 0 fully saturated rings. The van der Waals surface area contributed by atoms with Crippen molar-refractivity contribution in [2.75, 3.05) is 12.4 Å². The summed E-state index contributed by atoms with van der Waals surface area (Å²) in [5, 5.41) is 2.89. The smallest absolute Gasteiger partial charge is 0.163 e. The Morgan fingerprint density at radius 3 is 2.67 bits per heavy atom. The number of anilines is 1. The molecule has 0 radical (unpaired) electrons. The van der Waals surface area contributed by atoms with Gasteiger partial charge in [0.15, 0.2) is 5.78 Å². The Morgan fingerprint density at radius 1 is 1.50 bits per heavy atom. The van der Waals surface area contributed by atoms with Gasteiger partial charge in [-0.3, -0.25) is 4.79 Å². The van der Waals surface area contributed by atoms with Crippen LogP contribution < -0.4 is 5.32 Å². The molecule has 1 rings (SSSR count). The summed E-state index contributed by atoms with van der Waals surface area (Å²) in [5.74, 6) is 0.689. The zero-order chi connectivity index (χ0) is 9.14. The maximum absolute atomic E-state index is 11.1. The second-order valence-electron chi connectivity index (χ2n) is 2.65. The van der Waals surface area contributed by atoms with Crippen molar-refractivity contribution in [1.29, 1.82) is 0 Å². The van der Waals surface area contributed by atoms with E-state index in [0.29, 0.717) is 11.4 Å². The number of pyridine rings is 1. The number of nitrogens with one attached hydrogen (secondary N) is 1. The van der Waals surface area contributed by atoms with Gasteiger partial charge < -0.3 is 5.32 Å². The molecule has 0 saturated heterocycles. The van der Waals surface area contributed by atoms with Crippen LogP contribution in [-0.4, -0.2) is 17.8 Å². The predicted octanol–water partition coefficient (Wildman–Crippen LogP) is 1.63. The van der Waals surface area contributed by atoms with E-state index in [0.717, 1.165) is 5.69 Å². The molecule has 0 saturated carbocycles. The van der Waals surface area contributed by atoms with Gasteiger partial charge in [-0.15, -0.1) is 0 Å². The summed E-state index contributed by atoms with van der Waals surface area (Å²) < 4.78 is 0. The van der Waals surface area contributed by atoms with Crippen molar-refractivity contribution in [2.24, 2.45) is 0 Å². The average molecular weight is 164 g/mol. The van der Waals surface area contributed by atoms with Crippen LogP contribution >= 0.6 is 0 Å². The molecule has 0 aliphatic carbocycles. The first-order chi connectivity index (χ1) is 5.65. The fourth-order valence-corrected chi connectivity index (χ4v) is 1.03. The minimum Gasteiger partial charge on any atom is -0.373 e. The van der Waals surface area contributed by atoms with E-state index in [-0.39, 0.29) is 5.78 Å². The predicted molar refractivity (Wildman–Crippen MR) is 48.5 cm³/mol. The second-order valence-corrected chi connectivity index (χ2v) is 2.65. The molecule has 0 amide bonds. The van der Waals surface area contributed by atoms with Gasteiger partial charge >= 0.3 is 0 Å². The van der Waals surface area contributed by atoms with Crippen molar-refractivity contribution in [1.82, 2.24) is 4.98 Å². The topological polar surface area (TPSA) is 42.0 Å². The van der Waals surface area contributed by atoms with Crippen molar-refractivity contribution in [3.8, 4) is 0 Å². The first-order valence-electron chi connectivity index (χ1n) is 3.81. The van der Waals surface area contributed by atoms with Gasteiger partial charge in [0.05, 0.1) is 5.56 Å². The van der Waals surface area contributed by atoms with E-state index in [4.69, 9.17) is 0 Å². The second kappa shape index (κ2) is 3.34. The molecule has 1 heterocycles. The molecule has 0 bridgehead atoms. The molecule has 0 spiro atoms. The summed E-state index contributed by atoms with van der Waals surface area (Å²) in [5.41, 5.74) is 1.55. The Kier molecular flexibility index (Phi) is 2.43. The van der Waals surface area contributed by atoms with Crippen LogP contribution in [0.1, 0.15) is 23.0 Å². The molecule has 12 heavy (non-hydrogen) atoms. The normalized spacial score (nSPS) is 9.58. The number of rotatable bonds is 2. The molecule has 64 valence electrons. The van der Waals surface area contributed by atoms with Gasteiger partial charge in [0.1, 0.15) is 5.82 Å². The van der Waals surface area contributed by atoms with Gasteiger partial charge in [0.2, 0.25) is 0 Å². The number of nitrogens with zero attached hydrogens (tertiary/aromatic N) is 1. The molecule has 1 N–H and O–H groups in total. The van der Waals surface area contributed by atoms with E-state index < -0.39 is 0 Å². The highest BCUT2D eigenvalue weighted by Crippen LogP contribution is 2.12. The lowest BCUT2D eigenvalue weighted by molar-refractivity contribution is 0.101. The standard InChI is InChI=1S/C9H12N2O/c1-6-4-5-8(7(2)12)9(10-3)11-6/h4-5H,1-3H3,(H,10,11). The minimum atomic E-state index is 0.0341. The highest BCUT2D eigenvalue weighted by molar-refractivity contribution is 5.98. The largest absolute Gasteiger partial charge is 0.373 e. The molecule has 0 atom stereocenters. The Labute approximate surface area is 71.8 Å². The summed E-state index contributed by atoms with van der Waals surface area (Å²) in [6, 6.07) is 3.62. The number of carbonyl (C=O) groups is 1. The van der Waals surface area contributed by atoms with Crippen LogP contribution in [0.2, 0.25) is 0 Å². The zero-order valence-electron chi connectivity index (χ0n) is 7.51. The molecule has 1 aromatic rings. The van der Waals surface area contributed by atoms with Crippen LogP contribution in [0.3, 0.4) is 0 Å². The van der Waals surface area contributed by atoms with Gasteiger partial charge in [0, 0.05) is 12.7 Å². The Balaban J connectivity index is 3.20. The van der Waals surface area contributed by atoms with Crippen molar-refractivity contribution < 1.29 is 4.79 Å². The third kappa shape index (κ3) is 1.61. The minimum absolute atomic E-state index is 0.0341. The van der Waals surface area contributed by atoms with E-state index in [2.05, 4.69) is 10.3 Å². The highest BCUT2D eigenvalue weighted by atomic mass is 16.1. The van der Waals surface area contributed by atoms with Gasteiger partial charge in [-0.2, -0.15) is 0 Å². The molecule has 3 heteroatoms. The van der Waals surface area contributed by atoms with E-state index in [9.17, 15) is 4.79 Å². The maximum atomic E-state index is 11.1. The van der Waals surface area contributed by atoms with Crippen LogP contribution in [0.15, 0.2) is 12.1 Å². The lowest BCUT2D eigenvalue weighted by Crippen LogP contribution is -2.03. The molecule has 1 aromatic heterocycles. The number of carbonyl (C=O) groups excluding carboxylic acids is 1. The Hall–Kier alpha value is -1.38. The fourth-order valence-electron chi connectivity index (χ4n) is 1.03. The average Bonchev–Trinajstić information content (AvgIpc) is 2.03. The first-order valence-corrected chi connectivity index (χ1v) is 3.81. The molecular weight excluding hydrogens is 152 g/mol. The summed E-state index contributed by atoms with van der Waals surface area (Å²) >= 11 is 0. The summed E-state index contributed by atoms with van der Waals surface area (Å²) in [6.45, 7) is 3.43. The summed E-state index contributed by atoms with van der Waals surface area (Å²) in [4.78, 5) is 15.2. The highest BCUT2D eigenvalue weighted by Gasteiger charge is 2.06. The molecule has 0 aliphatic heterocycles.